The van der Waals surface area contributed by atoms with Crippen LogP contribution in [0.2, 0.25) is 0 Å². The van der Waals surface area contributed by atoms with Crippen molar-refractivity contribution in [3.63, 3.8) is 0 Å². The third kappa shape index (κ3) is 3.49. The first-order valence-corrected chi connectivity index (χ1v) is 6.01. The lowest BCUT2D eigenvalue weighted by molar-refractivity contribution is 0.0656. The Morgan fingerprint density at radius 3 is 2.47 bits per heavy atom. The molecule has 0 atom stereocenters. The molecule has 1 fully saturated rings. The van der Waals surface area contributed by atoms with Crippen LogP contribution in [-0.4, -0.2) is 65.1 Å². The summed E-state index contributed by atoms with van der Waals surface area (Å²) in [5.74, 6) is -1.53. The zero-order valence-corrected chi connectivity index (χ0v) is 10.7. The molecule has 0 unspecified atom stereocenters. The van der Waals surface area contributed by atoms with Crippen LogP contribution in [0.25, 0.3) is 0 Å². The Labute approximate surface area is 110 Å². The molecule has 1 aromatic rings. The van der Waals surface area contributed by atoms with Crippen molar-refractivity contribution in [1.82, 2.24) is 20.3 Å². The molecule has 0 aliphatic carbocycles. The molecule has 1 amide bonds. The number of hydrogen-bond donors (Lipinski definition) is 2. The second-order valence-corrected chi connectivity index (χ2v) is 4.44. The first-order valence-electron chi connectivity index (χ1n) is 6.01. The Morgan fingerprint density at radius 2 is 1.84 bits per heavy atom. The lowest BCUT2D eigenvalue weighted by Gasteiger charge is -2.32. The highest BCUT2D eigenvalue weighted by Gasteiger charge is 2.18. The van der Waals surface area contributed by atoms with Gasteiger partial charge in [-0.25, -0.2) is 14.8 Å². The maximum Gasteiger partial charge on any atom is 0.354 e. The van der Waals surface area contributed by atoms with Crippen molar-refractivity contribution in [1.29, 1.82) is 0 Å². The number of carbonyl (C=O) groups excluding carboxylic acids is 1. The second kappa shape index (κ2) is 5.77. The molecule has 7 nitrogen and oxygen atoms in total. The number of likely N-dealkylation sites (N-methyl/N-ethyl adjacent to an activating group) is 1. The van der Waals surface area contributed by atoms with E-state index in [1.165, 1.54) is 18.2 Å². The third-order valence-electron chi connectivity index (χ3n) is 2.96. The topological polar surface area (TPSA) is 85.8 Å². The van der Waals surface area contributed by atoms with E-state index in [9.17, 15) is 9.59 Å². The van der Waals surface area contributed by atoms with Gasteiger partial charge < -0.3 is 10.0 Å². The van der Waals surface area contributed by atoms with Crippen LogP contribution in [-0.2, 0) is 0 Å². The predicted octanol–water partition coefficient (Wildman–Crippen LogP) is -0.328. The molecule has 2 rings (SSSR count). The first-order chi connectivity index (χ1) is 9.06. The molecule has 0 aromatic carbocycles. The summed E-state index contributed by atoms with van der Waals surface area (Å²) >= 11 is 0. The largest absolute Gasteiger partial charge is 0.477 e. The summed E-state index contributed by atoms with van der Waals surface area (Å²) in [4.78, 5) is 28.7. The number of piperazine rings is 1. The van der Waals surface area contributed by atoms with Crippen molar-refractivity contribution >= 4 is 11.9 Å². The molecule has 2 N–H and O–H groups in total. The Morgan fingerprint density at radius 1 is 1.21 bits per heavy atom. The van der Waals surface area contributed by atoms with Crippen LogP contribution < -0.4 is 5.43 Å². The number of pyridine rings is 1. The van der Waals surface area contributed by atoms with Crippen molar-refractivity contribution in [2.24, 2.45) is 0 Å². The Hall–Kier alpha value is -1.99. The fourth-order valence-corrected chi connectivity index (χ4v) is 1.80. The SMILES string of the molecule is CN1CCN(NC(=O)c2cccc(C(=O)O)n2)CC1. The number of nitrogens with one attached hydrogen (secondary N) is 1. The second-order valence-electron chi connectivity index (χ2n) is 4.44. The molecule has 1 aliphatic heterocycles. The van der Waals surface area contributed by atoms with Gasteiger partial charge in [-0.1, -0.05) is 6.07 Å². The normalized spacial score (nSPS) is 17.1. The summed E-state index contributed by atoms with van der Waals surface area (Å²) in [6.45, 7) is 3.23. The van der Waals surface area contributed by atoms with E-state index in [1.807, 2.05) is 12.1 Å². The average molecular weight is 264 g/mol. The van der Waals surface area contributed by atoms with Crippen LogP contribution in [0, 0.1) is 0 Å². The van der Waals surface area contributed by atoms with E-state index in [2.05, 4.69) is 15.3 Å². The zero-order valence-electron chi connectivity index (χ0n) is 10.7. The van der Waals surface area contributed by atoms with Gasteiger partial charge in [0.05, 0.1) is 0 Å². The molecule has 0 bridgehead atoms. The number of hydrazine groups is 1. The van der Waals surface area contributed by atoms with Gasteiger partial charge in [0.1, 0.15) is 11.4 Å². The van der Waals surface area contributed by atoms with E-state index >= 15 is 0 Å². The van der Waals surface area contributed by atoms with Crippen molar-refractivity contribution in [3.05, 3.63) is 29.6 Å². The van der Waals surface area contributed by atoms with Gasteiger partial charge >= 0.3 is 5.97 Å². The number of hydrogen-bond acceptors (Lipinski definition) is 5. The maximum atomic E-state index is 11.9. The quantitative estimate of drug-likeness (QED) is 0.777. The van der Waals surface area contributed by atoms with E-state index in [0.29, 0.717) is 0 Å². The van der Waals surface area contributed by atoms with Crippen LogP contribution in [0.15, 0.2) is 18.2 Å². The summed E-state index contributed by atoms with van der Waals surface area (Å²) in [7, 11) is 2.02. The van der Waals surface area contributed by atoms with E-state index in [1.54, 1.807) is 0 Å². The number of carboxylic acid groups (broad SMARTS) is 1. The van der Waals surface area contributed by atoms with Gasteiger partial charge in [0.15, 0.2) is 0 Å². The molecular formula is C12H16N4O3. The number of aromatic nitrogens is 1. The summed E-state index contributed by atoms with van der Waals surface area (Å²) in [5.41, 5.74) is 2.71. The van der Waals surface area contributed by atoms with Gasteiger partial charge in [-0.2, -0.15) is 0 Å². The standard InChI is InChI=1S/C12H16N4O3/c1-15-5-7-16(8-6-15)14-11(17)9-3-2-4-10(13-9)12(18)19/h2-4H,5-8H2,1H3,(H,14,17)(H,18,19). The van der Waals surface area contributed by atoms with E-state index in [0.717, 1.165) is 26.2 Å². The number of carbonyl (C=O) groups is 2. The molecule has 102 valence electrons. The van der Waals surface area contributed by atoms with Crippen molar-refractivity contribution in [3.8, 4) is 0 Å². The molecule has 1 saturated heterocycles. The monoisotopic (exact) mass is 264 g/mol. The zero-order chi connectivity index (χ0) is 13.8. The van der Waals surface area contributed by atoms with Gasteiger partial charge in [-0.05, 0) is 19.2 Å². The summed E-state index contributed by atoms with van der Waals surface area (Å²) in [6.07, 6.45) is 0. The number of amides is 1. The maximum absolute atomic E-state index is 11.9. The van der Waals surface area contributed by atoms with Gasteiger partial charge in [0.2, 0.25) is 0 Å². The molecule has 0 saturated carbocycles. The molecule has 0 radical (unpaired) electrons. The molecule has 1 aromatic heterocycles. The Bertz CT molecular complexity index is 484. The predicted molar refractivity (Wildman–Crippen MR) is 67.7 cm³/mol. The van der Waals surface area contributed by atoms with Crippen molar-refractivity contribution in [2.45, 2.75) is 0 Å². The Balaban J connectivity index is 2.00. The summed E-state index contributed by atoms with van der Waals surface area (Å²) in [5, 5.41) is 10.6. The highest BCUT2D eigenvalue weighted by molar-refractivity contribution is 5.93. The van der Waals surface area contributed by atoms with Crippen molar-refractivity contribution < 1.29 is 14.7 Å². The average Bonchev–Trinajstić information content (AvgIpc) is 2.41. The number of carboxylic acids is 1. The number of aromatic carboxylic acids is 1. The lowest BCUT2D eigenvalue weighted by atomic mass is 10.3. The summed E-state index contributed by atoms with van der Waals surface area (Å²) in [6, 6.07) is 4.36. The lowest BCUT2D eigenvalue weighted by Crippen LogP contribution is -2.52. The molecule has 2 heterocycles. The molecular weight excluding hydrogens is 248 g/mol. The van der Waals surface area contributed by atoms with E-state index in [-0.39, 0.29) is 17.3 Å². The van der Waals surface area contributed by atoms with Crippen molar-refractivity contribution in [2.75, 3.05) is 33.2 Å². The third-order valence-corrected chi connectivity index (χ3v) is 2.96. The minimum atomic E-state index is -1.14. The van der Waals surface area contributed by atoms with Crippen LogP contribution in [0.5, 0.6) is 0 Å². The van der Waals surface area contributed by atoms with Crippen LogP contribution in [0.3, 0.4) is 0 Å². The number of rotatable bonds is 3. The Kier molecular flexibility index (Phi) is 4.08. The fraction of sp³-hybridized carbons (Fsp3) is 0.417. The van der Waals surface area contributed by atoms with Crippen LogP contribution in [0.4, 0.5) is 0 Å². The molecule has 0 spiro atoms. The highest BCUT2D eigenvalue weighted by atomic mass is 16.4. The van der Waals surface area contributed by atoms with Gasteiger partial charge in [0, 0.05) is 26.2 Å². The minimum Gasteiger partial charge on any atom is -0.477 e. The first kappa shape index (κ1) is 13.4. The van der Waals surface area contributed by atoms with Gasteiger partial charge in [0.25, 0.3) is 5.91 Å². The summed E-state index contributed by atoms with van der Waals surface area (Å²) < 4.78 is 0. The van der Waals surface area contributed by atoms with Gasteiger partial charge in [-0.15, -0.1) is 0 Å². The fourth-order valence-electron chi connectivity index (χ4n) is 1.80. The van der Waals surface area contributed by atoms with E-state index < -0.39 is 5.97 Å². The number of nitrogens with zero attached hydrogens (tertiary/aromatic N) is 3. The molecule has 19 heavy (non-hydrogen) atoms. The van der Waals surface area contributed by atoms with E-state index in [4.69, 9.17) is 5.11 Å². The van der Waals surface area contributed by atoms with Crippen LogP contribution >= 0.6 is 0 Å². The highest BCUT2D eigenvalue weighted by Crippen LogP contribution is 2.01. The van der Waals surface area contributed by atoms with Crippen LogP contribution in [0.1, 0.15) is 21.0 Å². The van der Waals surface area contributed by atoms with Gasteiger partial charge in [-0.3, -0.25) is 10.2 Å². The molecule has 1 aliphatic rings. The smallest absolute Gasteiger partial charge is 0.354 e. The minimum absolute atomic E-state index is 0.110. The molecule has 7 heteroatoms.